The fraction of sp³-hybridized carbons (Fsp3) is 0.727. The van der Waals surface area contributed by atoms with Gasteiger partial charge in [0, 0.05) is 19.6 Å². The summed E-state index contributed by atoms with van der Waals surface area (Å²) in [6.45, 7) is 6.61. The fourth-order valence-corrected chi connectivity index (χ4v) is 3.92. The van der Waals surface area contributed by atoms with Gasteiger partial charge in [0.15, 0.2) is 4.34 Å². The Hall–Kier alpha value is -0.820. The van der Waals surface area contributed by atoms with E-state index in [2.05, 4.69) is 15.5 Å². The molecular weight excluding hydrogens is 268 g/mol. The summed E-state index contributed by atoms with van der Waals surface area (Å²) < 4.78 is 0.853. The topological polar surface area (TPSA) is 58.1 Å². The average Bonchev–Trinajstić information content (AvgIpc) is 3.00. The molecule has 1 aliphatic heterocycles. The third-order valence-corrected chi connectivity index (χ3v) is 4.83. The van der Waals surface area contributed by atoms with E-state index in [4.69, 9.17) is 0 Å². The molecule has 0 aliphatic carbocycles. The SMILES string of the molecule is CCNc1nnc(SC(C)C(=O)N2CCCC2)s1. The van der Waals surface area contributed by atoms with E-state index in [-0.39, 0.29) is 11.2 Å². The second-order valence-electron chi connectivity index (χ2n) is 4.20. The Morgan fingerprint density at radius 3 is 2.89 bits per heavy atom. The van der Waals surface area contributed by atoms with Gasteiger partial charge < -0.3 is 10.2 Å². The van der Waals surface area contributed by atoms with Crippen LogP contribution in [0.2, 0.25) is 0 Å². The molecule has 0 radical (unpaired) electrons. The molecule has 100 valence electrons. The minimum atomic E-state index is -0.0782. The fourth-order valence-electron chi connectivity index (χ4n) is 1.88. The standard InChI is InChI=1S/C11H18N4OS2/c1-3-12-10-13-14-11(18-10)17-8(2)9(16)15-6-4-5-7-15/h8H,3-7H2,1-2H3,(H,12,13). The highest BCUT2D eigenvalue weighted by Crippen LogP contribution is 2.30. The highest BCUT2D eigenvalue weighted by atomic mass is 32.2. The molecule has 5 nitrogen and oxygen atoms in total. The van der Waals surface area contributed by atoms with Crippen LogP contribution in [-0.2, 0) is 4.79 Å². The lowest BCUT2D eigenvalue weighted by atomic mass is 10.4. The summed E-state index contributed by atoms with van der Waals surface area (Å²) in [5, 5.41) is 12.0. The number of nitrogens with one attached hydrogen (secondary N) is 1. The molecule has 0 spiro atoms. The predicted molar refractivity (Wildman–Crippen MR) is 75.2 cm³/mol. The molecule has 18 heavy (non-hydrogen) atoms. The van der Waals surface area contributed by atoms with E-state index in [1.807, 2.05) is 18.7 Å². The summed E-state index contributed by atoms with van der Waals surface area (Å²) in [5.74, 6) is 0.220. The van der Waals surface area contributed by atoms with Gasteiger partial charge in [0.05, 0.1) is 5.25 Å². The maximum atomic E-state index is 12.1. The van der Waals surface area contributed by atoms with Crippen molar-refractivity contribution in [2.24, 2.45) is 0 Å². The summed E-state index contributed by atoms with van der Waals surface area (Å²) in [6, 6.07) is 0. The smallest absolute Gasteiger partial charge is 0.235 e. The summed E-state index contributed by atoms with van der Waals surface area (Å²) in [4.78, 5) is 14.1. The molecule has 1 saturated heterocycles. The zero-order chi connectivity index (χ0) is 13.0. The molecule has 1 aromatic rings. The number of carbonyl (C=O) groups is 1. The van der Waals surface area contributed by atoms with Gasteiger partial charge in [0.2, 0.25) is 11.0 Å². The highest BCUT2D eigenvalue weighted by Gasteiger charge is 2.24. The number of likely N-dealkylation sites (tertiary alicyclic amines) is 1. The lowest BCUT2D eigenvalue weighted by Gasteiger charge is -2.18. The minimum absolute atomic E-state index is 0.0782. The van der Waals surface area contributed by atoms with Gasteiger partial charge in [-0.1, -0.05) is 23.1 Å². The van der Waals surface area contributed by atoms with Crippen molar-refractivity contribution in [1.82, 2.24) is 15.1 Å². The Labute approximate surface area is 115 Å². The minimum Gasteiger partial charge on any atom is -0.360 e. The monoisotopic (exact) mass is 286 g/mol. The Kier molecular flexibility index (Phi) is 4.82. The summed E-state index contributed by atoms with van der Waals surface area (Å²) in [7, 11) is 0. The van der Waals surface area contributed by atoms with E-state index < -0.39 is 0 Å². The summed E-state index contributed by atoms with van der Waals surface area (Å²) in [5.41, 5.74) is 0. The van der Waals surface area contributed by atoms with Crippen molar-refractivity contribution >= 4 is 34.1 Å². The van der Waals surface area contributed by atoms with Crippen LogP contribution in [0.15, 0.2) is 4.34 Å². The largest absolute Gasteiger partial charge is 0.360 e. The van der Waals surface area contributed by atoms with Crippen molar-refractivity contribution in [2.45, 2.75) is 36.3 Å². The van der Waals surface area contributed by atoms with Crippen molar-refractivity contribution in [1.29, 1.82) is 0 Å². The zero-order valence-corrected chi connectivity index (χ0v) is 12.3. The van der Waals surface area contributed by atoms with Crippen molar-refractivity contribution in [3.05, 3.63) is 0 Å². The van der Waals surface area contributed by atoms with Gasteiger partial charge in [-0.15, -0.1) is 10.2 Å². The molecule has 1 aliphatic rings. The second-order valence-corrected chi connectivity index (χ2v) is 6.76. The molecule has 1 fully saturated rings. The number of rotatable bonds is 5. The lowest BCUT2D eigenvalue weighted by molar-refractivity contribution is -0.129. The van der Waals surface area contributed by atoms with E-state index in [1.165, 1.54) is 23.1 Å². The van der Waals surface area contributed by atoms with Crippen molar-refractivity contribution in [2.75, 3.05) is 25.0 Å². The van der Waals surface area contributed by atoms with E-state index in [0.717, 1.165) is 41.9 Å². The first-order chi connectivity index (χ1) is 8.70. The van der Waals surface area contributed by atoms with Crippen LogP contribution in [0.25, 0.3) is 0 Å². The molecule has 0 bridgehead atoms. The number of carbonyl (C=O) groups excluding carboxylic acids is 1. The van der Waals surface area contributed by atoms with Crippen LogP contribution < -0.4 is 5.32 Å². The molecule has 2 rings (SSSR count). The molecular formula is C11H18N4OS2. The van der Waals surface area contributed by atoms with Gasteiger partial charge in [-0.25, -0.2) is 0 Å². The molecule has 1 atom stereocenters. The molecule has 1 N–H and O–H groups in total. The van der Waals surface area contributed by atoms with Gasteiger partial charge >= 0.3 is 0 Å². The lowest BCUT2D eigenvalue weighted by Crippen LogP contribution is -2.33. The Bertz CT molecular complexity index is 404. The third kappa shape index (κ3) is 3.35. The Morgan fingerprint density at radius 1 is 1.50 bits per heavy atom. The maximum Gasteiger partial charge on any atom is 0.235 e. The Balaban J connectivity index is 1.88. The number of aromatic nitrogens is 2. The normalized spacial score (nSPS) is 16.9. The number of amides is 1. The van der Waals surface area contributed by atoms with Crippen LogP contribution >= 0.6 is 23.1 Å². The molecule has 7 heteroatoms. The zero-order valence-electron chi connectivity index (χ0n) is 10.7. The molecule has 0 saturated carbocycles. The van der Waals surface area contributed by atoms with Crippen molar-refractivity contribution in [3.63, 3.8) is 0 Å². The summed E-state index contributed by atoms with van der Waals surface area (Å²) in [6.07, 6.45) is 2.26. The number of hydrogen-bond acceptors (Lipinski definition) is 6. The second kappa shape index (κ2) is 6.38. The first kappa shape index (κ1) is 13.6. The van der Waals surface area contributed by atoms with Crippen LogP contribution in [0.3, 0.4) is 0 Å². The van der Waals surface area contributed by atoms with E-state index in [1.54, 1.807) is 0 Å². The molecule has 2 heterocycles. The van der Waals surface area contributed by atoms with Crippen molar-refractivity contribution in [3.8, 4) is 0 Å². The number of thioether (sulfide) groups is 1. The molecule has 1 unspecified atom stereocenters. The number of nitrogens with zero attached hydrogens (tertiary/aromatic N) is 3. The molecule has 1 aromatic heterocycles. The Morgan fingerprint density at radius 2 is 2.22 bits per heavy atom. The van der Waals surface area contributed by atoms with Gasteiger partial charge in [-0.3, -0.25) is 4.79 Å². The van der Waals surface area contributed by atoms with Crippen LogP contribution in [0.1, 0.15) is 26.7 Å². The maximum absolute atomic E-state index is 12.1. The first-order valence-corrected chi connectivity index (χ1v) is 7.93. The average molecular weight is 286 g/mol. The van der Waals surface area contributed by atoms with E-state index >= 15 is 0 Å². The van der Waals surface area contributed by atoms with E-state index in [0.29, 0.717) is 0 Å². The van der Waals surface area contributed by atoms with Gasteiger partial charge in [0.1, 0.15) is 0 Å². The van der Waals surface area contributed by atoms with Gasteiger partial charge in [-0.2, -0.15) is 0 Å². The molecule has 0 aromatic carbocycles. The summed E-state index contributed by atoms with van der Waals surface area (Å²) >= 11 is 3.00. The third-order valence-electron chi connectivity index (χ3n) is 2.78. The number of anilines is 1. The van der Waals surface area contributed by atoms with Crippen LogP contribution in [-0.4, -0.2) is 45.9 Å². The predicted octanol–water partition coefficient (Wildman–Crippen LogP) is 2.07. The van der Waals surface area contributed by atoms with Crippen LogP contribution in [0.4, 0.5) is 5.13 Å². The van der Waals surface area contributed by atoms with Gasteiger partial charge in [-0.05, 0) is 26.7 Å². The highest BCUT2D eigenvalue weighted by molar-refractivity contribution is 8.02. The van der Waals surface area contributed by atoms with Gasteiger partial charge in [0.25, 0.3) is 0 Å². The first-order valence-electron chi connectivity index (χ1n) is 6.23. The van der Waals surface area contributed by atoms with Crippen LogP contribution in [0, 0.1) is 0 Å². The number of hydrogen-bond donors (Lipinski definition) is 1. The molecule has 1 amide bonds. The van der Waals surface area contributed by atoms with E-state index in [9.17, 15) is 4.79 Å². The van der Waals surface area contributed by atoms with Crippen LogP contribution in [0.5, 0.6) is 0 Å². The van der Waals surface area contributed by atoms with Crippen molar-refractivity contribution < 1.29 is 4.79 Å². The quantitative estimate of drug-likeness (QED) is 0.840.